The van der Waals surface area contributed by atoms with E-state index in [4.69, 9.17) is 16.7 Å². The number of halogens is 2. The molecule has 0 aromatic heterocycles. The van der Waals surface area contributed by atoms with Crippen molar-refractivity contribution in [2.45, 2.75) is 33.2 Å². The van der Waals surface area contributed by atoms with E-state index in [1.165, 1.54) is 0 Å². The Kier molecular flexibility index (Phi) is 5.59. The molecule has 0 aliphatic rings. The Labute approximate surface area is 131 Å². The van der Waals surface area contributed by atoms with Crippen LogP contribution in [0.4, 0.5) is 0 Å². The van der Waals surface area contributed by atoms with E-state index >= 15 is 0 Å². The molecular weight excluding hydrogens is 346 g/mol. The van der Waals surface area contributed by atoms with Gasteiger partial charge in [-0.15, -0.1) is 0 Å². The Morgan fingerprint density at radius 2 is 1.95 bits per heavy atom. The van der Waals surface area contributed by atoms with Gasteiger partial charge in [-0.2, -0.15) is 0 Å². The number of amides is 1. The molecule has 0 aliphatic carbocycles. The van der Waals surface area contributed by atoms with Gasteiger partial charge in [0.1, 0.15) is 0 Å². The van der Waals surface area contributed by atoms with Gasteiger partial charge in [0, 0.05) is 21.1 Å². The van der Waals surface area contributed by atoms with Crippen LogP contribution in [0.2, 0.25) is 5.02 Å². The van der Waals surface area contributed by atoms with Gasteiger partial charge in [-0.3, -0.25) is 9.59 Å². The molecule has 0 spiro atoms. The minimum absolute atomic E-state index is 0.128. The third kappa shape index (κ3) is 5.13. The lowest BCUT2D eigenvalue weighted by Gasteiger charge is -2.30. The molecule has 0 aliphatic heterocycles. The molecule has 0 heterocycles. The molecule has 0 bridgehead atoms. The molecule has 1 unspecified atom stereocenters. The molecule has 1 rings (SSSR count). The molecule has 6 heteroatoms. The van der Waals surface area contributed by atoms with Gasteiger partial charge in [0.2, 0.25) is 0 Å². The number of carboxylic acids is 1. The van der Waals surface area contributed by atoms with Crippen LogP contribution in [0, 0.1) is 5.41 Å². The first-order valence-corrected chi connectivity index (χ1v) is 7.25. The van der Waals surface area contributed by atoms with Crippen molar-refractivity contribution in [1.29, 1.82) is 0 Å². The number of nitrogens with one attached hydrogen (secondary N) is 1. The number of hydrogen-bond acceptors (Lipinski definition) is 2. The van der Waals surface area contributed by atoms with Gasteiger partial charge in [-0.05, 0) is 23.6 Å². The summed E-state index contributed by atoms with van der Waals surface area (Å²) in [5.41, 5.74) is 0.0353. The summed E-state index contributed by atoms with van der Waals surface area (Å²) in [7, 11) is 0. The first-order chi connectivity index (χ1) is 9.09. The van der Waals surface area contributed by atoms with Gasteiger partial charge in [-0.25, -0.2) is 0 Å². The van der Waals surface area contributed by atoms with Gasteiger partial charge in [0.25, 0.3) is 5.91 Å². The highest BCUT2D eigenvalue weighted by atomic mass is 79.9. The molecule has 0 saturated carbocycles. The maximum absolute atomic E-state index is 12.2. The maximum Gasteiger partial charge on any atom is 0.305 e. The summed E-state index contributed by atoms with van der Waals surface area (Å²) in [5.74, 6) is -1.29. The van der Waals surface area contributed by atoms with E-state index in [1.807, 2.05) is 20.8 Å². The van der Waals surface area contributed by atoms with Crippen molar-refractivity contribution in [3.05, 3.63) is 33.3 Å². The number of rotatable bonds is 4. The average molecular weight is 363 g/mol. The number of carbonyl (C=O) groups is 2. The maximum atomic E-state index is 12.2. The van der Waals surface area contributed by atoms with Gasteiger partial charge in [-0.1, -0.05) is 48.3 Å². The van der Waals surface area contributed by atoms with Crippen molar-refractivity contribution in [2.75, 3.05) is 0 Å². The van der Waals surface area contributed by atoms with Crippen molar-refractivity contribution in [1.82, 2.24) is 5.32 Å². The van der Waals surface area contributed by atoms with E-state index in [0.29, 0.717) is 15.1 Å². The summed E-state index contributed by atoms with van der Waals surface area (Å²) in [6.45, 7) is 5.65. The normalized spacial score (nSPS) is 12.8. The summed E-state index contributed by atoms with van der Waals surface area (Å²) in [6.07, 6.45) is -0.128. The largest absolute Gasteiger partial charge is 0.481 e. The Morgan fingerprint density at radius 1 is 1.35 bits per heavy atom. The summed E-state index contributed by atoms with van der Waals surface area (Å²) in [4.78, 5) is 23.1. The number of aliphatic carboxylic acids is 1. The monoisotopic (exact) mass is 361 g/mol. The van der Waals surface area contributed by atoms with Gasteiger partial charge in [0.05, 0.1) is 6.42 Å². The predicted octanol–water partition coefficient (Wildman–Crippen LogP) is 3.72. The highest BCUT2D eigenvalue weighted by Crippen LogP contribution is 2.24. The van der Waals surface area contributed by atoms with Gasteiger partial charge < -0.3 is 10.4 Å². The van der Waals surface area contributed by atoms with E-state index in [0.717, 1.165) is 0 Å². The van der Waals surface area contributed by atoms with Crippen LogP contribution in [0.15, 0.2) is 22.7 Å². The fraction of sp³-hybridized carbons (Fsp3) is 0.429. The summed E-state index contributed by atoms with van der Waals surface area (Å²) < 4.78 is 0.695. The summed E-state index contributed by atoms with van der Waals surface area (Å²) in [6, 6.07) is 4.39. The van der Waals surface area contributed by atoms with Crippen LogP contribution in [0.25, 0.3) is 0 Å². The second kappa shape index (κ2) is 6.59. The predicted molar refractivity (Wildman–Crippen MR) is 82.1 cm³/mol. The van der Waals surface area contributed by atoms with Crippen LogP contribution in [0.1, 0.15) is 37.6 Å². The molecule has 1 aromatic rings. The van der Waals surface area contributed by atoms with Crippen molar-refractivity contribution in [3.63, 3.8) is 0 Å². The van der Waals surface area contributed by atoms with Gasteiger partial charge in [0.15, 0.2) is 0 Å². The lowest BCUT2D eigenvalue weighted by atomic mass is 9.84. The lowest BCUT2D eigenvalue weighted by Crippen LogP contribution is -2.45. The third-order valence-electron chi connectivity index (χ3n) is 2.85. The zero-order valence-electron chi connectivity index (χ0n) is 11.5. The molecule has 0 saturated heterocycles. The van der Waals surface area contributed by atoms with E-state index in [1.54, 1.807) is 18.2 Å². The highest BCUT2D eigenvalue weighted by Gasteiger charge is 2.28. The van der Waals surface area contributed by atoms with Crippen molar-refractivity contribution in [3.8, 4) is 0 Å². The number of carboxylic acid groups (broad SMARTS) is 1. The van der Waals surface area contributed by atoms with E-state index < -0.39 is 12.0 Å². The van der Waals surface area contributed by atoms with Crippen LogP contribution in [0.3, 0.4) is 0 Å². The fourth-order valence-electron chi connectivity index (χ4n) is 1.67. The quantitative estimate of drug-likeness (QED) is 0.858. The van der Waals surface area contributed by atoms with Crippen molar-refractivity contribution in [2.24, 2.45) is 5.41 Å². The van der Waals surface area contributed by atoms with E-state index in [2.05, 4.69) is 21.2 Å². The average Bonchev–Trinajstić information content (AvgIpc) is 2.24. The molecule has 0 radical (unpaired) electrons. The fourth-order valence-corrected chi connectivity index (χ4v) is 2.53. The van der Waals surface area contributed by atoms with E-state index in [-0.39, 0.29) is 17.7 Å². The Hall–Kier alpha value is -1.07. The van der Waals surface area contributed by atoms with E-state index in [9.17, 15) is 9.59 Å². The van der Waals surface area contributed by atoms with Crippen LogP contribution >= 0.6 is 27.5 Å². The van der Waals surface area contributed by atoms with Crippen molar-refractivity contribution < 1.29 is 14.7 Å². The minimum Gasteiger partial charge on any atom is -0.481 e. The Balaban J connectivity index is 2.93. The summed E-state index contributed by atoms with van der Waals surface area (Å²) >= 11 is 9.17. The zero-order valence-corrected chi connectivity index (χ0v) is 13.9. The minimum atomic E-state index is -0.947. The number of benzene rings is 1. The Bertz CT molecular complexity index is 505. The first kappa shape index (κ1) is 17.0. The standard InChI is InChI=1S/C14H17BrClNO3/c1-14(2,3)11(7-12(18)19)17-13(20)8-4-9(15)6-10(16)5-8/h4-6,11H,7H2,1-3H3,(H,17,20)(H,18,19). The second-order valence-electron chi connectivity index (χ2n) is 5.65. The second-order valence-corrected chi connectivity index (χ2v) is 7.00. The summed E-state index contributed by atoms with van der Waals surface area (Å²) in [5, 5.41) is 12.1. The van der Waals surface area contributed by atoms with Crippen molar-refractivity contribution >= 4 is 39.4 Å². The first-order valence-electron chi connectivity index (χ1n) is 6.08. The molecule has 2 N–H and O–H groups in total. The van der Waals surface area contributed by atoms with Crippen LogP contribution in [0.5, 0.6) is 0 Å². The molecule has 0 fully saturated rings. The Morgan fingerprint density at radius 3 is 2.40 bits per heavy atom. The molecule has 1 aromatic carbocycles. The topological polar surface area (TPSA) is 66.4 Å². The third-order valence-corrected chi connectivity index (χ3v) is 3.53. The molecule has 110 valence electrons. The molecule has 1 amide bonds. The van der Waals surface area contributed by atoms with Gasteiger partial charge >= 0.3 is 5.97 Å². The smallest absolute Gasteiger partial charge is 0.305 e. The number of carbonyl (C=O) groups excluding carboxylic acids is 1. The molecule has 20 heavy (non-hydrogen) atoms. The lowest BCUT2D eigenvalue weighted by molar-refractivity contribution is -0.138. The molecule has 4 nitrogen and oxygen atoms in total. The highest BCUT2D eigenvalue weighted by molar-refractivity contribution is 9.10. The van der Waals surface area contributed by atoms with Crippen LogP contribution in [-0.2, 0) is 4.79 Å². The SMILES string of the molecule is CC(C)(C)C(CC(=O)O)NC(=O)c1cc(Cl)cc(Br)c1. The van der Waals surface area contributed by atoms with Crippen LogP contribution < -0.4 is 5.32 Å². The molecule has 1 atom stereocenters. The van der Waals surface area contributed by atoms with Crippen LogP contribution in [-0.4, -0.2) is 23.0 Å². The number of hydrogen-bond donors (Lipinski definition) is 2. The molecular formula is C14H17BrClNO3. The zero-order chi connectivity index (χ0) is 15.5.